The van der Waals surface area contributed by atoms with Gasteiger partial charge in [0, 0.05) is 6.42 Å². The van der Waals surface area contributed by atoms with Crippen LogP contribution in [0.25, 0.3) is 0 Å². The molecule has 0 saturated heterocycles. The Morgan fingerprint density at radius 2 is 1.64 bits per heavy atom. The summed E-state index contributed by atoms with van der Waals surface area (Å²) in [6.45, 7) is 0.128. The highest BCUT2D eigenvalue weighted by Crippen LogP contribution is 2.13. The molecule has 1 amide bonds. The van der Waals surface area contributed by atoms with Crippen LogP contribution >= 0.6 is 0 Å². The number of carbonyl (C=O) groups excluding carboxylic acids is 2. The van der Waals surface area contributed by atoms with E-state index in [-0.39, 0.29) is 13.0 Å². The van der Waals surface area contributed by atoms with Crippen LogP contribution in [0.3, 0.4) is 0 Å². The highest BCUT2D eigenvalue weighted by molar-refractivity contribution is 5.81. The van der Waals surface area contributed by atoms with E-state index in [0.717, 1.165) is 11.1 Å². The summed E-state index contributed by atoms with van der Waals surface area (Å²) in [6, 6.07) is 15.7. The summed E-state index contributed by atoms with van der Waals surface area (Å²) in [7, 11) is 2.86. The standard InChI is InChI=1S/C19H21NO5/c1-23-16-10-8-14(9-11-16)12-17(18(21)24-2)20-19(22)25-13-15-6-4-3-5-7-15/h3-11,17H,12-13H2,1-2H3,(H,20,22). The lowest BCUT2D eigenvalue weighted by molar-refractivity contribution is -0.143. The first-order valence-electron chi connectivity index (χ1n) is 7.80. The maximum absolute atomic E-state index is 12.0. The number of alkyl carbamates (subject to hydrolysis) is 1. The van der Waals surface area contributed by atoms with Crippen LogP contribution in [0.1, 0.15) is 11.1 Å². The normalized spacial score (nSPS) is 11.3. The molecular weight excluding hydrogens is 322 g/mol. The molecule has 2 rings (SSSR count). The molecule has 1 atom stereocenters. The fraction of sp³-hybridized carbons (Fsp3) is 0.263. The van der Waals surface area contributed by atoms with Crippen LogP contribution in [-0.2, 0) is 27.3 Å². The molecule has 0 spiro atoms. The van der Waals surface area contributed by atoms with Gasteiger partial charge in [0.25, 0.3) is 0 Å². The molecule has 132 valence electrons. The van der Waals surface area contributed by atoms with E-state index in [4.69, 9.17) is 14.2 Å². The number of carbonyl (C=O) groups is 2. The van der Waals surface area contributed by atoms with Crippen LogP contribution in [0.15, 0.2) is 54.6 Å². The van der Waals surface area contributed by atoms with Crippen molar-refractivity contribution in [2.24, 2.45) is 0 Å². The van der Waals surface area contributed by atoms with Gasteiger partial charge in [-0.05, 0) is 23.3 Å². The van der Waals surface area contributed by atoms with Crippen LogP contribution in [0, 0.1) is 0 Å². The molecule has 0 heterocycles. The molecule has 1 N–H and O–H groups in total. The number of nitrogens with one attached hydrogen (secondary N) is 1. The topological polar surface area (TPSA) is 73.9 Å². The van der Waals surface area contributed by atoms with E-state index < -0.39 is 18.1 Å². The summed E-state index contributed by atoms with van der Waals surface area (Å²) in [5.41, 5.74) is 1.72. The third-order valence-corrected chi connectivity index (χ3v) is 3.59. The van der Waals surface area contributed by atoms with Crippen molar-refractivity contribution in [2.75, 3.05) is 14.2 Å². The monoisotopic (exact) mass is 343 g/mol. The fourth-order valence-electron chi connectivity index (χ4n) is 2.24. The van der Waals surface area contributed by atoms with Gasteiger partial charge in [-0.2, -0.15) is 0 Å². The van der Waals surface area contributed by atoms with Gasteiger partial charge >= 0.3 is 12.1 Å². The van der Waals surface area contributed by atoms with Crippen LogP contribution < -0.4 is 10.1 Å². The molecule has 0 aliphatic heterocycles. The number of hydrogen-bond acceptors (Lipinski definition) is 5. The number of amides is 1. The highest BCUT2D eigenvalue weighted by Gasteiger charge is 2.22. The quantitative estimate of drug-likeness (QED) is 0.783. The van der Waals surface area contributed by atoms with Gasteiger partial charge in [-0.3, -0.25) is 0 Å². The molecule has 25 heavy (non-hydrogen) atoms. The van der Waals surface area contributed by atoms with E-state index in [1.165, 1.54) is 7.11 Å². The molecule has 1 unspecified atom stereocenters. The lowest BCUT2D eigenvalue weighted by atomic mass is 10.1. The van der Waals surface area contributed by atoms with Gasteiger partial charge in [0.15, 0.2) is 0 Å². The van der Waals surface area contributed by atoms with Crippen molar-refractivity contribution in [3.63, 3.8) is 0 Å². The Morgan fingerprint density at radius 1 is 0.960 bits per heavy atom. The van der Waals surface area contributed by atoms with E-state index >= 15 is 0 Å². The van der Waals surface area contributed by atoms with E-state index in [1.807, 2.05) is 42.5 Å². The first kappa shape index (κ1) is 18.3. The third kappa shape index (κ3) is 5.84. The van der Waals surface area contributed by atoms with Crippen molar-refractivity contribution < 1.29 is 23.8 Å². The zero-order chi connectivity index (χ0) is 18.1. The minimum Gasteiger partial charge on any atom is -0.497 e. The molecule has 0 aromatic heterocycles. The van der Waals surface area contributed by atoms with Gasteiger partial charge in [0.2, 0.25) is 0 Å². The van der Waals surface area contributed by atoms with Crippen LogP contribution in [-0.4, -0.2) is 32.3 Å². The predicted molar refractivity (Wildman–Crippen MR) is 92.3 cm³/mol. The average Bonchev–Trinajstić information content (AvgIpc) is 2.66. The molecule has 0 bridgehead atoms. The van der Waals surface area contributed by atoms with Gasteiger partial charge < -0.3 is 19.5 Å². The first-order chi connectivity index (χ1) is 12.1. The highest BCUT2D eigenvalue weighted by atomic mass is 16.6. The lowest BCUT2D eigenvalue weighted by Gasteiger charge is -2.16. The van der Waals surface area contributed by atoms with E-state index in [9.17, 15) is 9.59 Å². The van der Waals surface area contributed by atoms with Crippen molar-refractivity contribution in [2.45, 2.75) is 19.1 Å². The van der Waals surface area contributed by atoms with Crippen LogP contribution in [0.2, 0.25) is 0 Å². The molecule has 0 radical (unpaired) electrons. The molecule has 0 fully saturated rings. The Labute approximate surface area is 146 Å². The Bertz CT molecular complexity index is 685. The number of methoxy groups -OCH3 is 2. The second-order valence-corrected chi connectivity index (χ2v) is 5.33. The third-order valence-electron chi connectivity index (χ3n) is 3.59. The van der Waals surface area contributed by atoms with Crippen molar-refractivity contribution >= 4 is 12.1 Å². The molecule has 0 aliphatic rings. The van der Waals surface area contributed by atoms with Gasteiger partial charge in [-0.25, -0.2) is 9.59 Å². The summed E-state index contributed by atoms with van der Waals surface area (Å²) in [5.74, 6) is 0.182. The SMILES string of the molecule is COC(=O)C(Cc1ccc(OC)cc1)NC(=O)OCc1ccccc1. The minimum absolute atomic E-state index is 0.128. The number of ether oxygens (including phenoxy) is 3. The second kappa shape index (κ2) is 9.32. The lowest BCUT2D eigenvalue weighted by Crippen LogP contribution is -2.43. The maximum Gasteiger partial charge on any atom is 0.408 e. The van der Waals surface area contributed by atoms with Gasteiger partial charge in [0.1, 0.15) is 18.4 Å². The summed E-state index contributed by atoms with van der Waals surface area (Å²) in [5, 5.41) is 2.55. The van der Waals surface area contributed by atoms with E-state index in [2.05, 4.69) is 5.32 Å². The van der Waals surface area contributed by atoms with Crippen molar-refractivity contribution in [1.82, 2.24) is 5.32 Å². The summed E-state index contributed by atoms with van der Waals surface area (Å²) >= 11 is 0. The smallest absolute Gasteiger partial charge is 0.408 e. The second-order valence-electron chi connectivity index (χ2n) is 5.33. The number of rotatable bonds is 7. The molecule has 2 aromatic rings. The first-order valence-corrected chi connectivity index (χ1v) is 7.80. The Hall–Kier alpha value is -3.02. The summed E-state index contributed by atoms with van der Waals surface area (Å²) in [6.07, 6.45) is -0.385. The summed E-state index contributed by atoms with van der Waals surface area (Å²) in [4.78, 5) is 23.9. The Kier molecular flexibility index (Phi) is 6.83. The molecule has 6 heteroatoms. The minimum atomic E-state index is -0.832. The number of benzene rings is 2. The Balaban J connectivity index is 1.94. The van der Waals surface area contributed by atoms with Crippen molar-refractivity contribution in [3.8, 4) is 5.75 Å². The van der Waals surface area contributed by atoms with Crippen molar-refractivity contribution in [3.05, 3.63) is 65.7 Å². The molecule has 2 aromatic carbocycles. The molecule has 0 saturated carbocycles. The largest absolute Gasteiger partial charge is 0.497 e. The zero-order valence-electron chi connectivity index (χ0n) is 14.2. The average molecular weight is 343 g/mol. The predicted octanol–water partition coefficient (Wildman–Crippen LogP) is 2.71. The number of esters is 1. The maximum atomic E-state index is 12.0. The molecule has 6 nitrogen and oxygen atoms in total. The van der Waals surface area contributed by atoms with Crippen molar-refractivity contribution in [1.29, 1.82) is 0 Å². The van der Waals surface area contributed by atoms with Gasteiger partial charge in [-0.1, -0.05) is 42.5 Å². The summed E-state index contributed by atoms with van der Waals surface area (Å²) < 4.78 is 15.0. The Morgan fingerprint density at radius 3 is 2.24 bits per heavy atom. The van der Waals surface area contributed by atoms with Gasteiger partial charge in [0.05, 0.1) is 14.2 Å². The van der Waals surface area contributed by atoms with Crippen LogP contribution in [0.4, 0.5) is 4.79 Å². The zero-order valence-corrected chi connectivity index (χ0v) is 14.2. The molecule has 0 aliphatic carbocycles. The number of hydrogen-bond donors (Lipinski definition) is 1. The van der Waals surface area contributed by atoms with E-state index in [1.54, 1.807) is 19.2 Å². The fourth-order valence-corrected chi connectivity index (χ4v) is 2.24. The van der Waals surface area contributed by atoms with Gasteiger partial charge in [-0.15, -0.1) is 0 Å². The van der Waals surface area contributed by atoms with Crippen LogP contribution in [0.5, 0.6) is 5.75 Å². The van der Waals surface area contributed by atoms with E-state index in [0.29, 0.717) is 5.75 Å². The molecular formula is C19H21NO5.